The van der Waals surface area contributed by atoms with E-state index in [1.807, 2.05) is 0 Å². The Labute approximate surface area is 113 Å². The summed E-state index contributed by atoms with van der Waals surface area (Å²) < 4.78 is 0. The molecule has 2 N–H and O–H groups in total. The first-order valence-corrected chi connectivity index (χ1v) is 7.38. The zero-order valence-corrected chi connectivity index (χ0v) is 12.2. The van der Waals surface area contributed by atoms with Crippen molar-refractivity contribution in [3.8, 4) is 0 Å². The van der Waals surface area contributed by atoms with Gasteiger partial charge in [0, 0.05) is 16.3 Å². The second-order valence-electron chi connectivity index (χ2n) is 5.48. The first-order chi connectivity index (χ1) is 8.51. The van der Waals surface area contributed by atoms with Crippen LogP contribution >= 0.6 is 11.3 Å². The molecule has 1 saturated heterocycles. The van der Waals surface area contributed by atoms with Crippen LogP contribution in [0, 0.1) is 19.3 Å². The van der Waals surface area contributed by atoms with Crippen LogP contribution in [0.15, 0.2) is 6.07 Å². The van der Waals surface area contributed by atoms with Crippen LogP contribution in [0.3, 0.4) is 0 Å². The lowest BCUT2D eigenvalue weighted by atomic mass is 9.82. The van der Waals surface area contributed by atoms with Gasteiger partial charge in [-0.3, -0.25) is 4.79 Å². The fourth-order valence-corrected chi connectivity index (χ4v) is 3.36. The van der Waals surface area contributed by atoms with Gasteiger partial charge in [0.15, 0.2) is 0 Å². The standard InChI is InChI=1S/C14H22N2OS/c1-10-7-12(18-11(10)2)8-16-13(17)14(3)5-4-6-15-9-14/h7,15H,4-6,8-9H2,1-3H3,(H,16,17). The second-order valence-corrected chi connectivity index (χ2v) is 6.82. The van der Waals surface area contributed by atoms with Gasteiger partial charge in [0.25, 0.3) is 0 Å². The van der Waals surface area contributed by atoms with Gasteiger partial charge in [0.05, 0.1) is 12.0 Å². The number of carbonyl (C=O) groups is 1. The molecule has 1 aliphatic heterocycles. The SMILES string of the molecule is Cc1cc(CNC(=O)C2(C)CCCNC2)sc1C. The van der Waals surface area contributed by atoms with Crippen molar-refractivity contribution in [3.63, 3.8) is 0 Å². The third kappa shape index (κ3) is 2.93. The molecular weight excluding hydrogens is 244 g/mol. The molecule has 0 spiro atoms. The topological polar surface area (TPSA) is 41.1 Å². The highest BCUT2D eigenvalue weighted by Crippen LogP contribution is 2.26. The van der Waals surface area contributed by atoms with Crippen LogP contribution in [0.1, 0.15) is 35.1 Å². The van der Waals surface area contributed by atoms with Crippen LogP contribution in [0.25, 0.3) is 0 Å². The van der Waals surface area contributed by atoms with Gasteiger partial charge in [0.1, 0.15) is 0 Å². The van der Waals surface area contributed by atoms with Crippen molar-refractivity contribution in [2.24, 2.45) is 5.41 Å². The fraction of sp³-hybridized carbons (Fsp3) is 0.643. The summed E-state index contributed by atoms with van der Waals surface area (Å²) >= 11 is 1.77. The number of hydrogen-bond acceptors (Lipinski definition) is 3. The van der Waals surface area contributed by atoms with E-state index in [0.717, 1.165) is 25.9 Å². The summed E-state index contributed by atoms with van der Waals surface area (Å²) in [6, 6.07) is 2.17. The first-order valence-electron chi connectivity index (χ1n) is 6.56. The molecule has 2 rings (SSSR count). The number of thiophene rings is 1. The van der Waals surface area contributed by atoms with E-state index in [9.17, 15) is 4.79 Å². The van der Waals surface area contributed by atoms with Crippen molar-refractivity contribution >= 4 is 17.2 Å². The first kappa shape index (κ1) is 13.6. The maximum atomic E-state index is 12.2. The van der Waals surface area contributed by atoms with Crippen LogP contribution in [-0.4, -0.2) is 19.0 Å². The Bertz CT molecular complexity index is 414. The maximum Gasteiger partial charge on any atom is 0.227 e. The molecule has 100 valence electrons. The molecule has 4 heteroatoms. The molecule has 1 fully saturated rings. The number of nitrogens with one attached hydrogen (secondary N) is 2. The summed E-state index contributed by atoms with van der Waals surface area (Å²) in [7, 11) is 0. The van der Waals surface area contributed by atoms with Gasteiger partial charge in [-0.1, -0.05) is 0 Å². The van der Waals surface area contributed by atoms with E-state index in [1.165, 1.54) is 15.3 Å². The van der Waals surface area contributed by atoms with Crippen molar-refractivity contribution in [1.82, 2.24) is 10.6 Å². The molecule has 3 nitrogen and oxygen atoms in total. The minimum absolute atomic E-state index is 0.179. The third-order valence-electron chi connectivity index (χ3n) is 3.79. The van der Waals surface area contributed by atoms with Gasteiger partial charge in [-0.05, 0) is 51.8 Å². The molecule has 0 radical (unpaired) electrons. The van der Waals surface area contributed by atoms with E-state index in [-0.39, 0.29) is 11.3 Å². The molecule has 18 heavy (non-hydrogen) atoms. The lowest BCUT2D eigenvalue weighted by Crippen LogP contribution is -2.48. The van der Waals surface area contributed by atoms with Crippen molar-refractivity contribution < 1.29 is 4.79 Å². The Hall–Kier alpha value is -0.870. The second kappa shape index (κ2) is 5.41. The van der Waals surface area contributed by atoms with Gasteiger partial charge in [0.2, 0.25) is 5.91 Å². The minimum atomic E-state index is -0.237. The van der Waals surface area contributed by atoms with Crippen LogP contribution in [0.2, 0.25) is 0 Å². The number of amides is 1. The number of carbonyl (C=O) groups excluding carboxylic acids is 1. The molecule has 0 bridgehead atoms. The number of aryl methyl sites for hydroxylation is 2. The zero-order valence-electron chi connectivity index (χ0n) is 11.4. The number of hydrogen-bond donors (Lipinski definition) is 2. The van der Waals surface area contributed by atoms with Crippen LogP contribution < -0.4 is 10.6 Å². The van der Waals surface area contributed by atoms with Crippen molar-refractivity contribution in [2.75, 3.05) is 13.1 Å². The summed E-state index contributed by atoms with van der Waals surface area (Å²) in [4.78, 5) is 14.8. The maximum absolute atomic E-state index is 12.2. The Morgan fingerprint density at radius 2 is 2.33 bits per heavy atom. The van der Waals surface area contributed by atoms with Crippen molar-refractivity contribution in [3.05, 3.63) is 21.4 Å². The van der Waals surface area contributed by atoms with E-state index in [4.69, 9.17) is 0 Å². The van der Waals surface area contributed by atoms with Gasteiger partial charge >= 0.3 is 0 Å². The predicted octanol–water partition coefficient (Wildman–Crippen LogP) is 2.37. The molecule has 1 aromatic rings. The van der Waals surface area contributed by atoms with Crippen LogP contribution in [-0.2, 0) is 11.3 Å². The molecule has 0 saturated carbocycles. The highest BCUT2D eigenvalue weighted by molar-refractivity contribution is 7.12. The summed E-state index contributed by atoms with van der Waals surface area (Å²) in [6.45, 7) is 8.78. The molecule has 0 aromatic carbocycles. The average molecular weight is 266 g/mol. The number of piperidine rings is 1. The van der Waals surface area contributed by atoms with Gasteiger partial charge < -0.3 is 10.6 Å². The summed E-state index contributed by atoms with van der Waals surface area (Å²) in [5, 5.41) is 6.39. The van der Waals surface area contributed by atoms with E-state index in [1.54, 1.807) is 11.3 Å². The van der Waals surface area contributed by atoms with E-state index in [0.29, 0.717) is 6.54 Å². The lowest BCUT2D eigenvalue weighted by molar-refractivity contribution is -0.131. The molecule has 1 amide bonds. The highest BCUT2D eigenvalue weighted by Gasteiger charge is 2.34. The molecule has 1 unspecified atom stereocenters. The third-order valence-corrected chi connectivity index (χ3v) is 4.94. The van der Waals surface area contributed by atoms with E-state index >= 15 is 0 Å². The summed E-state index contributed by atoms with van der Waals surface area (Å²) in [5.74, 6) is 0.179. The normalized spacial score (nSPS) is 23.9. The molecule has 1 aliphatic rings. The quantitative estimate of drug-likeness (QED) is 0.882. The Balaban J connectivity index is 1.91. The van der Waals surface area contributed by atoms with Gasteiger partial charge in [-0.25, -0.2) is 0 Å². The minimum Gasteiger partial charge on any atom is -0.351 e. The van der Waals surface area contributed by atoms with E-state index in [2.05, 4.69) is 37.5 Å². The average Bonchev–Trinajstić information content (AvgIpc) is 2.67. The molecular formula is C14H22N2OS. The van der Waals surface area contributed by atoms with Crippen molar-refractivity contribution in [2.45, 2.75) is 40.2 Å². The smallest absolute Gasteiger partial charge is 0.227 e. The number of rotatable bonds is 3. The van der Waals surface area contributed by atoms with Crippen molar-refractivity contribution in [1.29, 1.82) is 0 Å². The lowest BCUT2D eigenvalue weighted by Gasteiger charge is -2.32. The van der Waals surface area contributed by atoms with Crippen LogP contribution in [0.4, 0.5) is 0 Å². The van der Waals surface area contributed by atoms with Crippen LogP contribution in [0.5, 0.6) is 0 Å². The zero-order chi connectivity index (χ0) is 13.2. The van der Waals surface area contributed by atoms with E-state index < -0.39 is 0 Å². The highest BCUT2D eigenvalue weighted by atomic mass is 32.1. The molecule has 0 aliphatic carbocycles. The Morgan fingerprint density at radius 1 is 1.56 bits per heavy atom. The Kier molecular flexibility index (Phi) is 4.07. The monoisotopic (exact) mass is 266 g/mol. The summed E-state index contributed by atoms with van der Waals surface area (Å²) in [6.07, 6.45) is 2.06. The molecule has 1 atom stereocenters. The van der Waals surface area contributed by atoms with Gasteiger partial charge in [-0.15, -0.1) is 11.3 Å². The Morgan fingerprint density at radius 3 is 2.89 bits per heavy atom. The predicted molar refractivity (Wildman–Crippen MR) is 75.9 cm³/mol. The molecule has 2 heterocycles. The fourth-order valence-electron chi connectivity index (χ4n) is 2.37. The molecule has 1 aromatic heterocycles. The summed E-state index contributed by atoms with van der Waals surface area (Å²) in [5.41, 5.74) is 1.08. The van der Waals surface area contributed by atoms with Gasteiger partial charge in [-0.2, -0.15) is 0 Å². The largest absolute Gasteiger partial charge is 0.351 e.